The summed E-state index contributed by atoms with van der Waals surface area (Å²) in [6.45, 7) is 4.05. The number of esters is 1. The van der Waals surface area contributed by atoms with Crippen molar-refractivity contribution in [2.75, 3.05) is 6.61 Å². The fourth-order valence-electron chi connectivity index (χ4n) is 3.25. The minimum atomic E-state index is -0.647. The van der Waals surface area contributed by atoms with Gasteiger partial charge in [0.05, 0.1) is 12.1 Å². The first-order chi connectivity index (χ1) is 12.1. The number of carbonyl (C=O) groups is 2. The Kier molecular flexibility index (Phi) is 4.86. The Labute approximate surface area is 147 Å². The van der Waals surface area contributed by atoms with Gasteiger partial charge in [-0.15, -0.1) is 0 Å². The molecule has 25 heavy (non-hydrogen) atoms. The predicted octanol–water partition coefficient (Wildman–Crippen LogP) is 2.88. The number of nitrogens with zero attached hydrogens (tertiary/aromatic N) is 1. The van der Waals surface area contributed by atoms with E-state index in [1.54, 1.807) is 24.1 Å². The molecule has 1 aliphatic rings. The first-order valence-electron chi connectivity index (χ1n) is 8.44. The van der Waals surface area contributed by atoms with Crippen molar-refractivity contribution in [2.45, 2.75) is 31.8 Å². The molecule has 0 saturated carbocycles. The molecule has 130 valence electrons. The Morgan fingerprint density at radius 1 is 1.12 bits per heavy atom. The molecular weight excluding hydrogens is 316 g/mol. The van der Waals surface area contributed by atoms with Gasteiger partial charge in [-0.1, -0.05) is 48.5 Å². The van der Waals surface area contributed by atoms with E-state index < -0.39 is 11.6 Å². The summed E-state index contributed by atoms with van der Waals surface area (Å²) in [5.74, 6) is -0.508. The van der Waals surface area contributed by atoms with E-state index >= 15 is 0 Å². The summed E-state index contributed by atoms with van der Waals surface area (Å²) >= 11 is 0. The number of carbonyl (C=O) groups excluding carboxylic acids is 2. The Morgan fingerprint density at radius 3 is 2.32 bits per heavy atom. The summed E-state index contributed by atoms with van der Waals surface area (Å²) in [7, 11) is 0. The summed E-state index contributed by atoms with van der Waals surface area (Å²) in [5, 5.41) is 1.57. The zero-order valence-corrected chi connectivity index (χ0v) is 14.4. The van der Waals surface area contributed by atoms with Crippen molar-refractivity contribution in [3.8, 4) is 0 Å². The average molecular weight is 338 g/mol. The number of benzene rings is 2. The lowest BCUT2D eigenvalue weighted by atomic mass is 9.86. The average Bonchev–Trinajstić information content (AvgIpc) is 3.02. The quantitative estimate of drug-likeness (QED) is 0.871. The maximum absolute atomic E-state index is 13.1. The molecule has 2 atom stereocenters. The van der Waals surface area contributed by atoms with Crippen LogP contribution in [0.5, 0.6) is 0 Å². The van der Waals surface area contributed by atoms with Crippen molar-refractivity contribution in [1.29, 1.82) is 0 Å². The maximum atomic E-state index is 13.1. The van der Waals surface area contributed by atoms with Crippen LogP contribution in [0, 0.1) is 0 Å². The lowest BCUT2D eigenvalue weighted by Crippen LogP contribution is -2.49. The van der Waals surface area contributed by atoms with Crippen molar-refractivity contribution >= 4 is 11.9 Å². The van der Waals surface area contributed by atoms with Crippen LogP contribution < -0.4 is 5.43 Å². The third-order valence-corrected chi connectivity index (χ3v) is 4.57. The second kappa shape index (κ2) is 7.07. The van der Waals surface area contributed by atoms with Gasteiger partial charge in [-0.2, -0.15) is 0 Å². The molecule has 1 heterocycles. The topological polar surface area (TPSA) is 58.6 Å². The smallest absolute Gasteiger partial charge is 0.325 e. The van der Waals surface area contributed by atoms with Crippen LogP contribution in [0.4, 0.5) is 0 Å². The van der Waals surface area contributed by atoms with Gasteiger partial charge in [0.2, 0.25) is 0 Å². The van der Waals surface area contributed by atoms with Gasteiger partial charge in [-0.25, -0.2) is 5.43 Å². The van der Waals surface area contributed by atoms with E-state index in [1.807, 2.05) is 55.5 Å². The third kappa shape index (κ3) is 3.28. The summed E-state index contributed by atoms with van der Waals surface area (Å²) in [6.07, 6.45) is 0.453. The first kappa shape index (κ1) is 17.2. The molecule has 0 unspecified atom stereocenters. The van der Waals surface area contributed by atoms with E-state index in [1.165, 1.54) is 0 Å². The van der Waals surface area contributed by atoms with Crippen LogP contribution in [0.1, 0.15) is 36.2 Å². The third-order valence-electron chi connectivity index (χ3n) is 4.57. The molecule has 2 aromatic carbocycles. The number of hydrogen-bond donors (Lipinski definition) is 1. The molecule has 1 N–H and O–H groups in total. The number of amides is 1. The molecular formula is C20H22N2O3. The van der Waals surface area contributed by atoms with Gasteiger partial charge in [0.15, 0.2) is 0 Å². The highest BCUT2D eigenvalue weighted by atomic mass is 16.5. The highest BCUT2D eigenvalue weighted by Gasteiger charge is 2.48. The summed E-state index contributed by atoms with van der Waals surface area (Å²) in [6, 6.07) is 18.2. The van der Waals surface area contributed by atoms with E-state index in [0.29, 0.717) is 18.6 Å². The van der Waals surface area contributed by atoms with E-state index in [2.05, 4.69) is 5.43 Å². The van der Waals surface area contributed by atoms with Crippen molar-refractivity contribution in [3.63, 3.8) is 0 Å². The van der Waals surface area contributed by atoms with Crippen LogP contribution >= 0.6 is 0 Å². The normalized spacial score (nSPS) is 22.6. The van der Waals surface area contributed by atoms with Crippen LogP contribution in [-0.2, 0) is 15.1 Å². The molecule has 0 radical (unpaired) electrons. The fourth-order valence-corrected chi connectivity index (χ4v) is 3.25. The number of nitrogens with one attached hydrogen (secondary N) is 1. The van der Waals surface area contributed by atoms with Crippen LogP contribution in [0.3, 0.4) is 0 Å². The van der Waals surface area contributed by atoms with Crippen molar-refractivity contribution < 1.29 is 14.3 Å². The van der Waals surface area contributed by atoms with Crippen LogP contribution in [0.15, 0.2) is 60.7 Å². The van der Waals surface area contributed by atoms with Crippen molar-refractivity contribution in [1.82, 2.24) is 10.4 Å². The van der Waals surface area contributed by atoms with E-state index in [0.717, 1.165) is 5.56 Å². The molecule has 1 fully saturated rings. The van der Waals surface area contributed by atoms with Gasteiger partial charge in [0.25, 0.3) is 5.91 Å². The Morgan fingerprint density at radius 2 is 1.72 bits per heavy atom. The molecule has 1 aliphatic heterocycles. The molecule has 5 heteroatoms. The van der Waals surface area contributed by atoms with Gasteiger partial charge in [-0.05, 0) is 31.5 Å². The van der Waals surface area contributed by atoms with Crippen molar-refractivity contribution in [3.05, 3.63) is 71.8 Å². The monoisotopic (exact) mass is 338 g/mol. The summed E-state index contributed by atoms with van der Waals surface area (Å²) in [5.41, 5.74) is 3.97. The summed E-state index contributed by atoms with van der Waals surface area (Å²) in [4.78, 5) is 25.3. The van der Waals surface area contributed by atoms with Crippen LogP contribution in [-0.4, -0.2) is 29.5 Å². The predicted molar refractivity (Wildman–Crippen MR) is 94.6 cm³/mol. The van der Waals surface area contributed by atoms with E-state index in [9.17, 15) is 9.59 Å². The Balaban J connectivity index is 1.97. The van der Waals surface area contributed by atoms with E-state index in [4.69, 9.17) is 4.74 Å². The molecule has 0 aliphatic carbocycles. The zero-order valence-electron chi connectivity index (χ0n) is 14.4. The Hall–Kier alpha value is -2.66. The lowest BCUT2D eigenvalue weighted by Gasteiger charge is -2.34. The molecule has 1 amide bonds. The SMILES string of the molecule is CCOC(=O)[C@@H]1C[C@@](C)(c2ccccc2)N(C(=O)c2ccccc2)N1. The highest BCUT2D eigenvalue weighted by molar-refractivity contribution is 5.95. The maximum Gasteiger partial charge on any atom is 0.325 e. The largest absolute Gasteiger partial charge is 0.465 e. The number of rotatable bonds is 4. The van der Waals surface area contributed by atoms with Gasteiger partial charge >= 0.3 is 5.97 Å². The van der Waals surface area contributed by atoms with Gasteiger partial charge in [0.1, 0.15) is 6.04 Å². The highest BCUT2D eigenvalue weighted by Crippen LogP contribution is 2.38. The number of hydrazine groups is 1. The Bertz CT molecular complexity index is 748. The standard InChI is InChI=1S/C20H22N2O3/c1-3-25-19(24)17-14-20(2,16-12-8-5-9-13-16)22(21-17)18(23)15-10-6-4-7-11-15/h4-13,17,21H,3,14H2,1-2H3/t17-,20-/m0/s1. The van der Waals surface area contributed by atoms with Crippen molar-refractivity contribution in [2.24, 2.45) is 0 Å². The molecule has 5 nitrogen and oxygen atoms in total. The molecule has 0 spiro atoms. The minimum absolute atomic E-state index is 0.168. The zero-order chi connectivity index (χ0) is 17.9. The molecule has 0 aromatic heterocycles. The van der Waals surface area contributed by atoms with Gasteiger partial charge in [-0.3, -0.25) is 14.6 Å². The van der Waals surface area contributed by atoms with E-state index in [-0.39, 0.29) is 11.9 Å². The minimum Gasteiger partial charge on any atom is -0.465 e. The van der Waals surface area contributed by atoms with Crippen LogP contribution in [0.2, 0.25) is 0 Å². The molecule has 0 bridgehead atoms. The molecule has 2 aromatic rings. The second-order valence-electron chi connectivity index (χ2n) is 6.28. The molecule has 1 saturated heterocycles. The van der Waals surface area contributed by atoms with Gasteiger partial charge < -0.3 is 4.74 Å². The summed E-state index contributed by atoms with van der Waals surface area (Å²) < 4.78 is 5.15. The van der Waals surface area contributed by atoms with Crippen LogP contribution in [0.25, 0.3) is 0 Å². The molecule has 3 rings (SSSR count). The van der Waals surface area contributed by atoms with Gasteiger partial charge in [0, 0.05) is 12.0 Å². The fraction of sp³-hybridized carbons (Fsp3) is 0.300. The number of ether oxygens (including phenoxy) is 1. The lowest BCUT2D eigenvalue weighted by molar-refractivity contribution is -0.145. The first-order valence-corrected chi connectivity index (χ1v) is 8.44. The number of hydrogen-bond acceptors (Lipinski definition) is 4. The second-order valence-corrected chi connectivity index (χ2v) is 6.28.